The van der Waals surface area contributed by atoms with E-state index >= 15 is 0 Å². The highest BCUT2D eigenvalue weighted by Crippen LogP contribution is 2.30. The third-order valence-corrected chi connectivity index (χ3v) is 3.80. The second-order valence-corrected chi connectivity index (χ2v) is 5.82. The molecule has 96 valence electrons. The number of carbonyl (C=O) groups excluding carboxylic acids is 1. The van der Waals surface area contributed by atoms with Crippen LogP contribution in [0.1, 0.15) is 30.4 Å². The SMILES string of the molecule is CC(C)C(C)Nc1cc(N)c(C(=O)N(C)C)s1. The summed E-state index contributed by atoms with van der Waals surface area (Å²) >= 11 is 1.41. The molecule has 0 saturated carbocycles. The maximum Gasteiger partial charge on any atom is 0.265 e. The van der Waals surface area contributed by atoms with Gasteiger partial charge in [0.25, 0.3) is 5.91 Å². The third kappa shape index (κ3) is 3.36. The molecular weight excluding hydrogens is 234 g/mol. The van der Waals surface area contributed by atoms with E-state index in [1.807, 2.05) is 6.07 Å². The number of thiophene rings is 1. The number of nitrogens with zero attached hydrogens (tertiary/aromatic N) is 1. The van der Waals surface area contributed by atoms with Crippen LogP contribution in [0.4, 0.5) is 10.7 Å². The summed E-state index contributed by atoms with van der Waals surface area (Å²) in [5.74, 6) is 0.490. The van der Waals surface area contributed by atoms with Crippen molar-refractivity contribution in [3.63, 3.8) is 0 Å². The van der Waals surface area contributed by atoms with Crippen molar-refractivity contribution in [2.24, 2.45) is 5.92 Å². The van der Waals surface area contributed by atoms with Crippen molar-refractivity contribution in [3.8, 4) is 0 Å². The van der Waals surface area contributed by atoms with Gasteiger partial charge in [-0.25, -0.2) is 0 Å². The predicted molar refractivity (Wildman–Crippen MR) is 74.7 cm³/mol. The van der Waals surface area contributed by atoms with Gasteiger partial charge in [-0.05, 0) is 18.9 Å². The molecule has 17 heavy (non-hydrogen) atoms. The van der Waals surface area contributed by atoms with Gasteiger partial charge >= 0.3 is 0 Å². The summed E-state index contributed by atoms with van der Waals surface area (Å²) in [6.45, 7) is 6.43. The van der Waals surface area contributed by atoms with E-state index in [1.165, 1.54) is 16.2 Å². The monoisotopic (exact) mass is 255 g/mol. The molecule has 1 rings (SSSR count). The molecule has 1 atom stereocenters. The number of amides is 1. The number of nitrogens with two attached hydrogens (primary N) is 1. The van der Waals surface area contributed by atoms with Crippen molar-refractivity contribution in [1.29, 1.82) is 0 Å². The van der Waals surface area contributed by atoms with Crippen LogP contribution < -0.4 is 11.1 Å². The largest absolute Gasteiger partial charge is 0.397 e. The molecule has 4 nitrogen and oxygen atoms in total. The van der Waals surface area contributed by atoms with Crippen molar-refractivity contribution in [2.45, 2.75) is 26.8 Å². The highest BCUT2D eigenvalue weighted by atomic mass is 32.1. The first kappa shape index (κ1) is 13.8. The van der Waals surface area contributed by atoms with Crippen molar-refractivity contribution in [1.82, 2.24) is 4.90 Å². The first-order chi connectivity index (χ1) is 7.82. The summed E-state index contributed by atoms with van der Waals surface area (Å²) < 4.78 is 0. The number of anilines is 2. The number of rotatable bonds is 4. The van der Waals surface area contributed by atoms with Crippen molar-refractivity contribution in [2.75, 3.05) is 25.1 Å². The Balaban J connectivity index is 2.85. The first-order valence-electron chi connectivity index (χ1n) is 5.70. The van der Waals surface area contributed by atoms with Crippen LogP contribution >= 0.6 is 11.3 Å². The standard InChI is InChI=1S/C12H21N3OS/c1-7(2)8(3)14-10-6-9(13)11(17-10)12(16)15(4)5/h6-8,14H,13H2,1-5H3. The van der Waals surface area contributed by atoms with E-state index < -0.39 is 0 Å². The number of carbonyl (C=O) groups is 1. The number of hydrogen-bond acceptors (Lipinski definition) is 4. The topological polar surface area (TPSA) is 58.4 Å². The van der Waals surface area contributed by atoms with Crippen LogP contribution in [0.3, 0.4) is 0 Å². The van der Waals surface area contributed by atoms with Gasteiger partial charge in [-0.3, -0.25) is 4.79 Å². The molecule has 0 saturated heterocycles. The molecule has 0 radical (unpaired) electrons. The summed E-state index contributed by atoms with van der Waals surface area (Å²) in [4.78, 5) is 14.0. The Kier molecular flexibility index (Phi) is 4.40. The second-order valence-electron chi connectivity index (χ2n) is 4.77. The average Bonchev–Trinajstić information content (AvgIpc) is 2.57. The molecule has 1 aromatic rings. The number of nitrogen functional groups attached to an aromatic ring is 1. The van der Waals surface area contributed by atoms with Crippen LogP contribution in [0.15, 0.2) is 6.07 Å². The maximum atomic E-state index is 11.8. The van der Waals surface area contributed by atoms with Gasteiger partial charge in [0.1, 0.15) is 4.88 Å². The van der Waals surface area contributed by atoms with Gasteiger partial charge in [0.05, 0.1) is 10.7 Å². The van der Waals surface area contributed by atoms with E-state index in [0.717, 1.165) is 5.00 Å². The van der Waals surface area contributed by atoms with E-state index in [0.29, 0.717) is 22.5 Å². The fourth-order valence-electron chi connectivity index (χ4n) is 1.24. The Hall–Kier alpha value is -1.23. The normalized spacial score (nSPS) is 12.6. The molecule has 1 amide bonds. The van der Waals surface area contributed by atoms with Gasteiger partial charge in [0.2, 0.25) is 0 Å². The van der Waals surface area contributed by atoms with Crippen LogP contribution in [-0.4, -0.2) is 30.9 Å². The molecule has 0 aliphatic heterocycles. The number of hydrogen-bond donors (Lipinski definition) is 2. The minimum atomic E-state index is -0.0437. The second kappa shape index (κ2) is 5.40. The molecule has 0 spiro atoms. The smallest absolute Gasteiger partial charge is 0.265 e. The molecule has 0 aliphatic rings. The quantitative estimate of drug-likeness (QED) is 0.869. The summed E-state index contributed by atoms with van der Waals surface area (Å²) in [7, 11) is 3.46. The van der Waals surface area contributed by atoms with Gasteiger partial charge in [0, 0.05) is 20.1 Å². The van der Waals surface area contributed by atoms with E-state index in [4.69, 9.17) is 5.73 Å². The van der Waals surface area contributed by atoms with E-state index in [-0.39, 0.29) is 5.91 Å². The zero-order chi connectivity index (χ0) is 13.2. The van der Waals surface area contributed by atoms with Crippen molar-refractivity contribution >= 4 is 27.9 Å². The molecule has 1 unspecified atom stereocenters. The van der Waals surface area contributed by atoms with E-state index in [2.05, 4.69) is 26.1 Å². The molecule has 5 heteroatoms. The van der Waals surface area contributed by atoms with Gasteiger partial charge in [-0.1, -0.05) is 13.8 Å². The summed E-state index contributed by atoms with van der Waals surface area (Å²) in [5, 5.41) is 4.32. The van der Waals surface area contributed by atoms with Gasteiger partial charge < -0.3 is 16.0 Å². The maximum absolute atomic E-state index is 11.8. The highest BCUT2D eigenvalue weighted by molar-refractivity contribution is 7.18. The summed E-state index contributed by atoms with van der Waals surface area (Å²) in [6, 6.07) is 2.19. The van der Waals surface area contributed by atoms with Gasteiger partial charge in [-0.15, -0.1) is 11.3 Å². The van der Waals surface area contributed by atoms with E-state index in [9.17, 15) is 4.79 Å². The zero-order valence-electron chi connectivity index (χ0n) is 11.1. The van der Waals surface area contributed by atoms with Gasteiger partial charge in [-0.2, -0.15) is 0 Å². The predicted octanol–water partition coefficient (Wildman–Crippen LogP) is 2.49. The van der Waals surface area contributed by atoms with Crippen molar-refractivity contribution in [3.05, 3.63) is 10.9 Å². The molecule has 0 aromatic carbocycles. The van der Waals surface area contributed by atoms with Crippen LogP contribution in [-0.2, 0) is 0 Å². The van der Waals surface area contributed by atoms with Crippen LogP contribution in [0.25, 0.3) is 0 Å². The Morgan fingerprint density at radius 3 is 2.47 bits per heavy atom. The molecule has 3 N–H and O–H groups in total. The summed E-state index contributed by atoms with van der Waals surface area (Å²) in [5.41, 5.74) is 6.40. The first-order valence-corrected chi connectivity index (χ1v) is 6.52. The van der Waals surface area contributed by atoms with Crippen LogP contribution in [0.5, 0.6) is 0 Å². The fraction of sp³-hybridized carbons (Fsp3) is 0.583. The van der Waals surface area contributed by atoms with Crippen molar-refractivity contribution < 1.29 is 4.79 Å². The minimum absolute atomic E-state index is 0.0437. The molecule has 1 heterocycles. The Bertz CT molecular complexity index is 398. The molecule has 1 aromatic heterocycles. The fourth-order valence-corrected chi connectivity index (χ4v) is 2.33. The van der Waals surface area contributed by atoms with Crippen LogP contribution in [0.2, 0.25) is 0 Å². The average molecular weight is 255 g/mol. The zero-order valence-corrected chi connectivity index (χ0v) is 11.9. The molecule has 0 fully saturated rings. The lowest BCUT2D eigenvalue weighted by Crippen LogP contribution is -2.21. The lowest BCUT2D eigenvalue weighted by atomic mass is 10.1. The molecule has 0 bridgehead atoms. The Morgan fingerprint density at radius 2 is 2.00 bits per heavy atom. The molecule has 0 aliphatic carbocycles. The Morgan fingerprint density at radius 1 is 1.41 bits per heavy atom. The molecular formula is C12H21N3OS. The van der Waals surface area contributed by atoms with E-state index in [1.54, 1.807) is 14.1 Å². The van der Waals surface area contributed by atoms with Crippen LogP contribution in [0, 0.1) is 5.92 Å². The third-order valence-electron chi connectivity index (χ3n) is 2.73. The lowest BCUT2D eigenvalue weighted by molar-refractivity contribution is 0.0833. The minimum Gasteiger partial charge on any atom is -0.397 e. The Labute approximate surface area is 107 Å². The number of nitrogens with one attached hydrogen (secondary N) is 1. The lowest BCUT2D eigenvalue weighted by Gasteiger charge is -2.17. The highest BCUT2D eigenvalue weighted by Gasteiger charge is 2.17. The summed E-state index contributed by atoms with van der Waals surface area (Å²) in [6.07, 6.45) is 0. The van der Waals surface area contributed by atoms with Gasteiger partial charge in [0.15, 0.2) is 0 Å².